The van der Waals surface area contributed by atoms with Crippen LogP contribution in [0.5, 0.6) is 11.5 Å². The van der Waals surface area contributed by atoms with E-state index in [0.717, 1.165) is 6.54 Å². The molecule has 4 rings (SSSR count). The zero-order valence-electron chi connectivity index (χ0n) is 20.1. The molecule has 1 fully saturated rings. The van der Waals surface area contributed by atoms with Crippen LogP contribution in [0.25, 0.3) is 11.0 Å². The smallest absolute Gasteiger partial charge is 0.475 e. The third kappa shape index (κ3) is 8.38. The van der Waals surface area contributed by atoms with Gasteiger partial charge < -0.3 is 20.1 Å². The molecule has 1 saturated carbocycles. The largest absolute Gasteiger partial charge is 0.490 e. The topological polar surface area (TPSA) is 87.2 Å². The van der Waals surface area contributed by atoms with Crippen LogP contribution < -0.4 is 10.1 Å². The van der Waals surface area contributed by atoms with Gasteiger partial charge in [0.05, 0.1) is 11.0 Å². The maximum atomic E-state index is 12.8. The lowest BCUT2D eigenvalue weighted by Gasteiger charge is -2.34. The van der Waals surface area contributed by atoms with Crippen molar-refractivity contribution in [1.82, 2.24) is 15.3 Å². The Balaban J connectivity index is 0.000000479. The van der Waals surface area contributed by atoms with Gasteiger partial charge in [0.1, 0.15) is 11.5 Å². The van der Waals surface area contributed by atoms with Crippen LogP contribution in [-0.2, 0) is 17.5 Å². The summed E-state index contributed by atoms with van der Waals surface area (Å²) in [6.07, 6.45) is -4.66. The number of H-pyrrole nitrogens is 1. The summed E-state index contributed by atoms with van der Waals surface area (Å²) in [7, 11) is 0. The molecular formula is C25H27F6N3O3. The molecule has 3 aromatic rings. The summed E-state index contributed by atoms with van der Waals surface area (Å²) in [5.41, 5.74) is 2.18. The number of carboxylic acids is 1. The monoisotopic (exact) mass is 531 g/mol. The van der Waals surface area contributed by atoms with Crippen molar-refractivity contribution in [3.8, 4) is 11.5 Å². The maximum Gasteiger partial charge on any atom is 0.490 e. The van der Waals surface area contributed by atoms with Gasteiger partial charge in [0.15, 0.2) is 0 Å². The molecule has 6 nitrogen and oxygen atoms in total. The number of aromatic nitrogens is 2. The van der Waals surface area contributed by atoms with Crippen molar-refractivity contribution >= 4 is 17.0 Å². The Kier molecular flexibility index (Phi) is 8.41. The number of carbonyl (C=O) groups is 1. The number of fused-ring (bicyclic) bond motifs is 1. The van der Waals surface area contributed by atoms with Crippen LogP contribution in [0.1, 0.15) is 50.9 Å². The van der Waals surface area contributed by atoms with Crippen molar-refractivity contribution in [1.29, 1.82) is 0 Å². The minimum Gasteiger partial charge on any atom is -0.475 e. The number of rotatable bonds is 5. The van der Waals surface area contributed by atoms with Crippen LogP contribution >= 0.6 is 0 Å². The molecule has 0 bridgehead atoms. The predicted octanol–water partition coefficient (Wildman–Crippen LogP) is 7.07. The molecule has 3 N–H and O–H groups in total. The highest BCUT2D eigenvalue weighted by Gasteiger charge is 2.38. The van der Waals surface area contributed by atoms with Crippen LogP contribution in [0.4, 0.5) is 26.3 Å². The first-order valence-corrected chi connectivity index (χ1v) is 11.5. The van der Waals surface area contributed by atoms with Crippen LogP contribution in [0.3, 0.4) is 0 Å². The number of benzene rings is 2. The molecule has 37 heavy (non-hydrogen) atoms. The van der Waals surface area contributed by atoms with Gasteiger partial charge in [-0.1, -0.05) is 26.0 Å². The van der Waals surface area contributed by atoms with Gasteiger partial charge in [-0.05, 0) is 60.9 Å². The molecule has 0 unspecified atom stereocenters. The Hall–Kier alpha value is -3.28. The second-order valence-corrected chi connectivity index (χ2v) is 9.63. The highest BCUT2D eigenvalue weighted by Crippen LogP contribution is 2.35. The number of alkyl halides is 6. The van der Waals surface area contributed by atoms with Gasteiger partial charge in [-0.2, -0.15) is 26.3 Å². The highest BCUT2D eigenvalue weighted by molar-refractivity contribution is 5.77. The van der Waals surface area contributed by atoms with Gasteiger partial charge in [-0.15, -0.1) is 0 Å². The van der Waals surface area contributed by atoms with Crippen LogP contribution in [0.15, 0.2) is 42.5 Å². The summed E-state index contributed by atoms with van der Waals surface area (Å²) < 4.78 is 75.9. The fourth-order valence-electron chi connectivity index (χ4n) is 3.86. The molecule has 1 aliphatic rings. The SMILES string of the molecule is CC1(C)CCC(NCc2ccc(Oc3ccc4nc(C(F)(F)F)[nH]c4c3)cc2)CC1.O=C(O)C(F)(F)F. The molecule has 0 radical (unpaired) electrons. The number of hydrogen-bond donors (Lipinski definition) is 3. The van der Waals surface area contributed by atoms with E-state index in [1.807, 2.05) is 24.3 Å². The lowest BCUT2D eigenvalue weighted by atomic mass is 9.75. The van der Waals surface area contributed by atoms with Gasteiger partial charge in [0.2, 0.25) is 5.82 Å². The number of carboxylic acid groups (broad SMARTS) is 1. The third-order valence-electron chi connectivity index (χ3n) is 6.06. The minimum absolute atomic E-state index is 0.252. The summed E-state index contributed by atoms with van der Waals surface area (Å²) in [6, 6.07) is 13.0. The lowest BCUT2D eigenvalue weighted by molar-refractivity contribution is -0.192. The van der Waals surface area contributed by atoms with E-state index >= 15 is 0 Å². The Morgan fingerprint density at radius 2 is 1.62 bits per heavy atom. The molecule has 1 aliphatic carbocycles. The number of nitrogens with one attached hydrogen (secondary N) is 2. The fraction of sp³-hybridized carbons (Fsp3) is 0.440. The lowest BCUT2D eigenvalue weighted by Crippen LogP contribution is -2.35. The van der Waals surface area contributed by atoms with Gasteiger partial charge >= 0.3 is 18.3 Å². The van der Waals surface area contributed by atoms with E-state index in [4.69, 9.17) is 14.6 Å². The van der Waals surface area contributed by atoms with Crippen molar-refractivity contribution < 1.29 is 41.0 Å². The molecule has 0 amide bonds. The van der Waals surface area contributed by atoms with Gasteiger partial charge in [-0.3, -0.25) is 0 Å². The molecule has 12 heteroatoms. The van der Waals surface area contributed by atoms with Crippen molar-refractivity contribution in [3.05, 3.63) is 53.9 Å². The number of halogens is 6. The summed E-state index contributed by atoms with van der Waals surface area (Å²) in [4.78, 5) is 14.8. The Bertz CT molecular complexity index is 1190. The zero-order valence-corrected chi connectivity index (χ0v) is 20.1. The van der Waals surface area contributed by atoms with E-state index < -0.39 is 24.1 Å². The first-order chi connectivity index (χ1) is 17.1. The summed E-state index contributed by atoms with van der Waals surface area (Å²) in [5, 5.41) is 10.8. The molecule has 2 aromatic carbocycles. The summed E-state index contributed by atoms with van der Waals surface area (Å²) in [5.74, 6) is -2.68. The van der Waals surface area contributed by atoms with Crippen LogP contribution in [0, 0.1) is 5.41 Å². The molecule has 0 spiro atoms. The van der Waals surface area contributed by atoms with Crippen molar-refractivity contribution in [3.63, 3.8) is 0 Å². The standard InChI is InChI=1S/C23H26F3N3O.C2HF3O2/c1-22(2)11-9-16(10-12-22)27-14-15-3-5-17(6-4-15)30-18-7-8-19-20(13-18)29-21(28-19)23(24,25)26;3-2(4,5)1(6)7/h3-8,13,16,27H,9-12,14H2,1-2H3,(H,28,29);(H,6,7). The van der Waals surface area contributed by atoms with Gasteiger partial charge in [-0.25, -0.2) is 9.78 Å². The van der Waals surface area contributed by atoms with E-state index in [2.05, 4.69) is 29.1 Å². The molecule has 0 saturated heterocycles. The van der Waals surface area contributed by atoms with E-state index in [9.17, 15) is 26.3 Å². The number of ether oxygens (including phenoxy) is 1. The number of aliphatic carboxylic acids is 1. The molecule has 0 aliphatic heterocycles. The number of hydrogen-bond acceptors (Lipinski definition) is 4. The number of aromatic amines is 1. The van der Waals surface area contributed by atoms with Gasteiger partial charge in [0, 0.05) is 18.7 Å². The Morgan fingerprint density at radius 1 is 1.05 bits per heavy atom. The highest BCUT2D eigenvalue weighted by atomic mass is 19.4. The van der Waals surface area contributed by atoms with E-state index in [-0.39, 0.29) is 11.0 Å². The molecule has 1 aromatic heterocycles. The molecule has 0 atom stereocenters. The van der Waals surface area contributed by atoms with E-state index in [1.165, 1.54) is 43.4 Å². The third-order valence-corrected chi connectivity index (χ3v) is 6.06. The van der Waals surface area contributed by atoms with Crippen molar-refractivity contribution in [2.24, 2.45) is 5.41 Å². The van der Waals surface area contributed by atoms with Crippen LogP contribution in [0.2, 0.25) is 0 Å². The second-order valence-electron chi connectivity index (χ2n) is 9.63. The summed E-state index contributed by atoms with van der Waals surface area (Å²) >= 11 is 0. The second kappa shape index (κ2) is 11.0. The number of imidazole rings is 1. The zero-order chi connectivity index (χ0) is 27.4. The minimum atomic E-state index is -5.08. The Morgan fingerprint density at radius 3 is 2.16 bits per heavy atom. The number of nitrogens with zero attached hydrogens (tertiary/aromatic N) is 1. The van der Waals surface area contributed by atoms with Crippen LogP contribution in [-0.4, -0.2) is 33.3 Å². The molecule has 1 heterocycles. The molecular weight excluding hydrogens is 504 g/mol. The average molecular weight is 531 g/mol. The Labute approximate surface area is 209 Å². The maximum absolute atomic E-state index is 12.8. The predicted molar refractivity (Wildman–Crippen MR) is 124 cm³/mol. The fourth-order valence-corrected chi connectivity index (χ4v) is 3.86. The quantitative estimate of drug-likeness (QED) is 0.307. The first kappa shape index (κ1) is 28.3. The van der Waals surface area contributed by atoms with Crippen molar-refractivity contribution in [2.75, 3.05) is 0 Å². The molecule has 202 valence electrons. The van der Waals surface area contributed by atoms with E-state index in [0.29, 0.717) is 23.0 Å². The van der Waals surface area contributed by atoms with Gasteiger partial charge in [0.25, 0.3) is 0 Å². The normalized spacial score (nSPS) is 16.2. The summed E-state index contributed by atoms with van der Waals surface area (Å²) in [6.45, 7) is 5.48. The van der Waals surface area contributed by atoms with Crippen molar-refractivity contribution in [2.45, 2.75) is 64.5 Å². The first-order valence-electron chi connectivity index (χ1n) is 11.5. The van der Waals surface area contributed by atoms with E-state index in [1.54, 1.807) is 6.07 Å². The average Bonchev–Trinajstić information content (AvgIpc) is 3.23.